The zero-order valence-corrected chi connectivity index (χ0v) is 11.5. The Balaban J connectivity index is 2.14. The maximum absolute atomic E-state index is 13.8. The van der Waals surface area contributed by atoms with E-state index in [4.69, 9.17) is 16.3 Å². The summed E-state index contributed by atoms with van der Waals surface area (Å²) in [5, 5.41) is 0.314. The van der Waals surface area contributed by atoms with E-state index in [2.05, 4.69) is 9.97 Å². The first-order chi connectivity index (χ1) is 9.11. The van der Waals surface area contributed by atoms with Gasteiger partial charge < -0.3 is 9.72 Å². The summed E-state index contributed by atoms with van der Waals surface area (Å²) in [5.74, 6) is 0.962. The molecule has 1 N–H and O–H groups in total. The van der Waals surface area contributed by atoms with Gasteiger partial charge in [0.25, 0.3) is 0 Å². The molecule has 4 nitrogen and oxygen atoms in total. The van der Waals surface area contributed by atoms with Crippen LogP contribution in [0, 0.1) is 5.82 Å². The van der Waals surface area contributed by atoms with Gasteiger partial charge in [0, 0.05) is 24.5 Å². The molecule has 1 aromatic carbocycles. The molecule has 0 bridgehead atoms. The van der Waals surface area contributed by atoms with E-state index in [1.807, 2.05) is 11.9 Å². The molecule has 0 aliphatic carbocycles. The molecule has 2 rings (SSSR count). The molecule has 102 valence electrons. The number of aromatic amines is 1. The summed E-state index contributed by atoms with van der Waals surface area (Å²) in [6.45, 7) is 0.961. The molecule has 0 saturated heterocycles. The standard InChI is InChI=1S/C13H15ClFN3O/c1-18(8-12-16-5-6-17-12)7-9-10(15)3-4-11(19-2)13(9)14/h3-6H,7-8H2,1-2H3,(H,16,17). The Morgan fingerprint density at radius 1 is 1.42 bits per heavy atom. The van der Waals surface area contributed by atoms with Crippen LogP contribution in [0.15, 0.2) is 24.5 Å². The molecule has 0 amide bonds. The van der Waals surface area contributed by atoms with Crippen molar-refractivity contribution in [2.24, 2.45) is 0 Å². The molecule has 0 aliphatic rings. The lowest BCUT2D eigenvalue weighted by molar-refractivity contribution is 0.305. The topological polar surface area (TPSA) is 41.1 Å². The van der Waals surface area contributed by atoms with E-state index in [0.717, 1.165) is 5.82 Å². The first-order valence-electron chi connectivity index (χ1n) is 5.79. The molecular weight excluding hydrogens is 269 g/mol. The quantitative estimate of drug-likeness (QED) is 0.917. The molecule has 0 atom stereocenters. The molecule has 0 aliphatic heterocycles. The van der Waals surface area contributed by atoms with Gasteiger partial charge in [0.05, 0.1) is 18.7 Å². The van der Waals surface area contributed by atoms with Crippen molar-refractivity contribution in [3.05, 3.63) is 46.8 Å². The first kappa shape index (κ1) is 13.8. The number of ether oxygens (including phenoxy) is 1. The maximum atomic E-state index is 13.8. The van der Waals surface area contributed by atoms with Crippen LogP contribution < -0.4 is 4.74 Å². The summed E-state index contributed by atoms with van der Waals surface area (Å²) in [6.07, 6.45) is 3.44. The van der Waals surface area contributed by atoms with E-state index in [9.17, 15) is 4.39 Å². The van der Waals surface area contributed by atoms with E-state index in [1.165, 1.54) is 19.2 Å². The minimum atomic E-state index is -0.336. The molecule has 0 fully saturated rings. The van der Waals surface area contributed by atoms with E-state index < -0.39 is 0 Å². The van der Waals surface area contributed by atoms with Crippen LogP contribution in [0.1, 0.15) is 11.4 Å². The largest absolute Gasteiger partial charge is 0.495 e. The zero-order chi connectivity index (χ0) is 13.8. The molecule has 0 unspecified atom stereocenters. The Labute approximate surface area is 116 Å². The van der Waals surface area contributed by atoms with Crippen LogP contribution in [-0.4, -0.2) is 29.0 Å². The molecule has 0 radical (unpaired) electrons. The van der Waals surface area contributed by atoms with Crippen molar-refractivity contribution in [3.8, 4) is 5.75 Å². The fraction of sp³-hybridized carbons (Fsp3) is 0.308. The molecule has 2 aromatic rings. The number of imidazole rings is 1. The minimum Gasteiger partial charge on any atom is -0.495 e. The minimum absolute atomic E-state index is 0.314. The third kappa shape index (κ3) is 3.24. The van der Waals surface area contributed by atoms with Crippen LogP contribution in [0.5, 0.6) is 5.75 Å². The zero-order valence-electron chi connectivity index (χ0n) is 10.8. The normalized spacial score (nSPS) is 11.0. The number of methoxy groups -OCH3 is 1. The Hall–Kier alpha value is -1.59. The highest BCUT2D eigenvalue weighted by Crippen LogP contribution is 2.30. The average Bonchev–Trinajstić information content (AvgIpc) is 2.87. The maximum Gasteiger partial charge on any atom is 0.137 e. The van der Waals surface area contributed by atoms with Gasteiger partial charge in [-0.25, -0.2) is 9.37 Å². The van der Waals surface area contributed by atoms with Gasteiger partial charge in [-0.3, -0.25) is 4.90 Å². The highest BCUT2D eigenvalue weighted by molar-refractivity contribution is 6.32. The van der Waals surface area contributed by atoms with Crippen LogP contribution in [0.4, 0.5) is 4.39 Å². The van der Waals surface area contributed by atoms with E-state index in [1.54, 1.807) is 12.4 Å². The van der Waals surface area contributed by atoms with Gasteiger partial charge in [-0.1, -0.05) is 11.6 Å². The molecule has 6 heteroatoms. The van der Waals surface area contributed by atoms with E-state index in [0.29, 0.717) is 29.4 Å². The molecular formula is C13H15ClFN3O. The number of H-pyrrole nitrogens is 1. The number of benzene rings is 1. The second-order valence-electron chi connectivity index (χ2n) is 4.25. The van der Waals surface area contributed by atoms with Crippen molar-refractivity contribution < 1.29 is 9.13 Å². The smallest absolute Gasteiger partial charge is 0.137 e. The Kier molecular flexibility index (Phi) is 4.39. The fourth-order valence-corrected chi connectivity index (χ4v) is 2.13. The average molecular weight is 284 g/mol. The van der Waals surface area contributed by atoms with Crippen LogP contribution >= 0.6 is 11.6 Å². The summed E-state index contributed by atoms with van der Waals surface area (Å²) in [6, 6.07) is 2.88. The predicted molar refractivity (Wildman–Crippen MR) is 71.7 cm³/mol. The number of aromatic nitrogens is 2. The molecule has 0 spiro atoms. The number of hydrogen-bond donors (Lipinski definition) is 1. The summed E-state index contributed by atoms with van der Waals surface area (Å²) in [5.41, 5.74) is 0.426. The number of halogens is 2. The second-order valence-corrected chi connectivity index (χ2v) is 4.63. The van der Waals surface area contributed by atoms with Gasteiger partial charge in [0.1, 0.15) is 17.4 Å². The van der Waals surface area contributed by atoms with Crippen molar-refractivity contribution in [1.82, 2.24) is 14.9 Å². The molecule has 1 aromatic heterocycles. The molecule has 19 heavy (non-hydrogen) atoms. The van der Waals surface area contributed by atoms with E-state index >= 15 is 0 Å². The second kappa shape index (κ2) is 6.04. The van der Waals surface area contributed by atoms with Crippen LogP contribution in [-0.2, 0) is 13.1 Å². The predicted octanol–water partition coefficient (Wildman–Crippen LogP) is 2.84. The van der Waals surface area contributed by atoms with Gasteiger partial charge in [-0.2, -0.15) is 0 Å². The van der Waals surface area contributed by atoms with Crippen LogP contribution in [0.25, 0.3) is 0 Å². The van der Waals surface area contributed by atoms with Gasteiger partial charge in [0.15, 0.2) is 0 Å². The fourth-order valence-electron chi connectivity index (χ4n) is 1.84. The lowest BCUT2D eigenvalue weighted by Crippen LogP contribution is -2.19. The first-order valence-corrected chi connectivity index (χ1v) is 6.17. The number of nitrogens with one attached hydrogen (secondary N) is 1. The van der Waals surface area contributed by atoms with Gasteiger partial charge in [-0.05, 0) is 19.2 Å². The Bertz CT molecular complexity index is 545. The van der Waals surface area contributed by atoms with Crippen molar-refractivity contribution in [3.63, 3.8) is 0 Å². The van der Waals surface area contributed by atoms with E-state index in [-0.39, 0.29) is 5.82 Å². The lowest BCUT2D eigenvalue weighted by Gasteiger charge is -2.17. The van der Waals surface area contributed by atoms with Gasteiger partial charge >= 0.3 is 0 Å². The summed E-state index contributed by atoms with van der Waals surface area (Å²) >= 11 is 6.13. The van der Waals surface area contributed by atoms with Crippen molar-refractivity contribution in [1.29, 1.82) is 0 Å². The third-order valence-electron chi connectivity index (χ3n) is 2.77. The third-order valence-corrected chi connectivity index (χ3v) is 3.19. The monoisotopic (exact) mass is 283 g/mol. The van der Waals surface area contributed by atoms with Crippen LogP contribution in [0.3, 0.4) is 0 Å². The summed E-state index contributed by atoms with van der Waals surface area (Å²) in [7, 11) is 3.38. The number of nitrogens with zero attached hydrogens (tertiary/aromatic N) is 2. The van der Waals surface area contributed by atoms with Crippen LogP contribution in [0.2, 0.25) is 5.02 Å². The van der Waals surface area contributed by atoms with Crippen molar-refractivity contribution in [2.45, 2.75) is 13.1 Å². The highest BCUT2D eigenvalue weighted by atomic mass is 35.5. The molecule has 1 heterocycles. The van der Waals surface area contributed by atoms with Crippen molar-refractivity contribution in [2.75, 3.05) is 14.2 Å². The lowest BCUT2D eigenvalue weighted by atomic mass is 10.2. The summed E-state index contributed by atoms with van der Waals surface area (Å²) in [4.78, 5) is 9.05. The highest BCUT2D eigenvalue weighted by Gasteiger charge is 2.14. The van der Waals surface area contributed by atoms with Gasteiger partial charge in [-0.15, -0.1) is 0 Å². The Morgan fingerprint density at radius 2 is 2.21 bits per heavy atom. The van der Waals surface area contributed by atoms with Crippen molar-refractivity contribution >= 4 is 11.6 Å². The molecule has 0 saturated carbocycles. The Morgan fingerprint density at radius 3 is 2.84 bits per heavy atom. The summed E-state index contributed by atoms with van der Waals surface area (Å²) < 4.78 is 18.9. The van der Waals surface area contributed by atoms with Gasteiger partial charge in [0.2, 0.25) is 0 Å². The number of rotatable bonds is 5. The SMILES string of the molecule is COc1ccc(F)c(CN(C)Cc2ncc[nH]2)c1Cl. The number of hydrogen-bond acceptors (Lipinski definition) is 3.